The lowest BCUT2D eigenvalue weighted by molar-refractivity contribution is -0.180. The number of fused-ring (bicyclic) bond motifs is 1. The zero-order valence-corrected chi connectivity index (χ0v) is 21.7. The zero-order chi connectivity index (χ0) is 24.9. The van der Waals surface area contributed by atoms with Crippen LogP contribution in [0, 0.1) is 25.2 Å². The van der Waals surface area contributed by atoms with Gasteiger partial charge in [-0.3, -0.25) is 14.6 Å². The van der Waals surface area contributed by atoms with Crippen LogP contribution in [0.2, 0.25) is 0 Å². The average molecular weight is 452 g/mol. The number of aryl methyl sites for hydroxylation is 2. The third-order valence-electron chi connectivity index (χ3n) is 6.12. The van der Waals surface area contributed by atoms with Gasteiger partial charge >= 0.3 is 11.9 Å². The quantitative estimate of drug-likeness (QED) is 0.397. The molecule has 0 aliphatic heterocycles. The van der Waals surface area contributed by atoms with E-state index in [2.05, 4.69) is 32.9 Å². The van der Waals surface area contributed by atoms with Gasteiger partial charge in [-0.25, -0.2) is 0 Å². The van der Waals surface area contributed by atoms with Crippen molar-refractivity contribution in [2.45, 2.75) is 86.9 Å². The van der Waals surface area contributed by atoms with Crippen LogP contribution in [-0.4, -0.2) is 28.9 Å². The molecule has 0 spiro atoms. The number of allylic oxidation sites excluding steroid dienone is 3. The predicted molar refractivity (Wildman–Crippen MR) is 132 cm³/mol. The smallest absolute Gasteiger partial charge is 0.328 e. The van der Waals surface area contributed by atoms with Crippen LogP contribution in [0.5, 0.6) is 0 Å². The molecular weight excluding hydrogens is 414 g/mol. The Kier molecular flexibility index (Phi) is 6.25. The number of esters is 2. The van der Waals surface area contributed by atoms with Crippen LogP contribution in [-0.2, 0) is 19.1 Å². The Bertz CT molecular complexity index is 1040. The van der Waals surface area contributed by atoms with Gasteiger partial charge in [-0.1, -0.05) is 31.2 Å². The highest BCUT2D eigenvalue weighted by Crippen LogP contribution is 2.51. The van der Waals surface area contributed by atoms with Crippen molar-refractivity contribution in [2.75, 3.05) is 0 Å². The third-order valence-corrected chi connectivity index (χ3v) is 6.12. The van der Waals surface area contributed by atoms with Crippen LogP contribution in [0.15, 0.2) is 46.0 Å². The molecular formula is C28H37NO4. The van der Waals surface area contributed by atoms with Crippen molar-refractivity contribution in [3.63, 3.8) is 0 Å². The molecule has 178 valence electrons. The topological polar surface area (TPSA) is 65.0 Å². The van der Waals surface area contributed by atoms with Crippen molar-refractivity contribution in [2.24, 2.45) is 16.3 Å². The highest BCUT2D eigenvalue weighted by molar-refractivity contribution is 6.12. The van der Waals surface area contributed by atoms with E-state index < -0.39 is 28.6 Å². The number of carbonyl (C=O) groups is 2. The van der Waals surface area contributed by atoms with E-state index in [9.17, 15) is 9.59 Å². The highest BCUT2D eigenvalue weighted by atomic mass is 16.6. The monoisotopic (exact) mass is 451 g/mol. The van der Waals surface area contributed by atoms with E-state index in [4.69, 9.17) is 14.5 Å². The first-order valence-corrected chi connectivity index (χ1v) is 11.6. The summed E-state index contributed by atoms with van der Waals surface area (Å²) in [6.45, 7) is 19.1. The number of rotatable bonds is 3. The highest BCUT2D eigenvalue weighted by Gasteiger charge is 2.56. The van der Waals surface area contributed by atoms with Crippen LogP contribution in [0.1, 0.15) is 72.9 Å². The molecule has 0 amide bonds. The average Bonchev–Trinajstić information content (AvgIpc) is 3.14. The summed E-state index contributed by atoms with van der Waals surface area (Å²) < 4.78 is 11.4. The van der Waals surface area contributed by atoms with Crippen molar-refractivity contribution in [3.8, 4) is 0 Å². The second-order valence-corrected chi connectivity index (χ2v) is 11.3. The summed E-state index contributed by atoms with van der Waals surface area (Å²) in [4.78, 5) is 31.8. The molecule has 0 bridgehead atoms. The van der Waals surface area contributed by atoms with Gasteiger partial charge in [0, 0.05) is 12.3 Å². The Balaban J connectivity index is 2.08. The Morgan fingerprint density at radius 1 is 0.939 bits per heavy atom. The number of benzene rings is 1. The van der Waals surface area contributed by atoms with E-state index >= 15 is 0 Å². The van der Waals surface area contributed by atoms with Crippen LogP contribution in [0.3, 0.4) is 0 Å². The molecule has 0 radical (unpaired) electrons. The lowest BCUT2D eigenvalue weighted by Gasteiger charge is -2.31. The lowest BCUT2D eigenvalue weighted by atomic mass is 9.84. The molecule has 0 saturated heterocycles. The summed E-state index contributed by atoms with van der Waals surface area (Å²) in [7, 11) is 0. The Morgan fingerprint density at radius 3 is 1.85 bits per heavy atom. The molecule has 0 heterocycles. The molecule has 0 N–H and O–H groups in total. The number of hydrogen-bond donors (Lipinski definition) is 0. The molecule has 1 aromatic rings. The minimum atomic E-state index is -1.48. The molecule has 1 unspecified atom stereocenters. The SMILES string of the molecule is CC1=C2CC(C(=O)OC(C)(C)C)(C(=O)OC(C)(C)C)C=C2C(C)C1=Nc1c(C)cccc1C. The predicted octanol–water partition coefficient (Wildman–Crippen LogP) is 6.34. The zero-order valence-electron chi connectivity index (χ0n) is 21.7. The second kappa shape index (κ2) is 8.27. The van der Waals surface area contributed by atoms with Crippen molar-refractivity contribution < 1.29 is 19.1 Å². The first-order chi connectivity index (χ1) is 15.1. The van der Waals surface area contributed by atoms with E-state index in [1.165, 1.54) is 0 Å². The van der Waals surface area contributed by atoms with Crippen molar-refractivity contribution in [1.29, 1.82) is 0 Å². The van der Waals surface area contributed by atoms with Gasteiger partial charge in [-0.15, -0.1) is 0 Å². The van der Waals surface area contributed by atoms with Gasteiger partial charge in [0.1, 0.15) is 11.2 Å². The summed E-state index contributed by atoms with van der Waals surface area (Å²) >= 11 is 0. The van der Waals surface area contributed by atoms with Crippen LogP contribution >= 0.6 is 0 Å². The van der Waals surface area contributed by atoms with Crippen LogP contribution in [0.25, 0.3) is 0 Å². The number of aliphatic imine (C=N–C) groups is 1. The van der Waals surface area contributed by atoms with Gasteiger partial charge in [0.2, 0.25) is 0 Å². The molecule has 3 rings (SSSR count). The number of hydrogen-bond acceptors (Lipinski definition) is 5. The molecule has 2 aliphatic rings. The molecule has 1 aromatic carbocycles. The largest absolute Gasteiger partial charge is 0.459 e. The summed E-state index contributed by atoms with van der Waals surface area (Å²) in [5, 5.41) is 0. The Morgan fingerprint density at radius 2 is 1.42 bits per heavy atom. The number of carbonyl (C=O) groups excluding carboxylic acids is 2. The van der Waals surface area contributed by atoms with Gasteiger partial charge in [0.05, 0.1) is 11.4 Å². The fraction of sp³-hybridized carbons (Fsp3) is 0.536. The fourth-order valence-corrected chi connectivity index (χ4v) is 4.51. The minimum Gasteiger partial charge on any atom is -0.459 e. The van der Waals surface area contributed by atoms with E-state index in [0.717, 1.165) is 39.2 Å². The third kappa shape index (κ3) is 4.83. The molecule has 0 fully saturated rings. The minimum absolute atomic E-state index is 0.0363. The van der Waals surface area contributed by atoms with Gasteiger partial charge in [-0.2, -0.15) is 0 Å². The van der Waals surface area contributed by atoms with Crippen molar-refractivity contribution >= 4 is 23.3 Å². The Hall–Kier alpha value is -2.69. The number of para-hydroxylation sites is 1. The van der Waals surface area contributed by atoms with E-state index in [1.807, 2.05) is 13.0 Å². The normalized spacial score (nSPS) is 21.2. The number of nitrogens with zero attached hydrogens (tertiary/aromatic N) is 1. The lowest BCUT2D eigenvalue weighted by Crippen LogP contribution is -2.44. The van der Waals surface area contributed by atoms with E-state index in [0.29, 0.717) is 0 Å². The molecule has 1 atom stereocenters. The van der Waals surface area contributed by atoms with Gasteiger partial charge < -0.3 is 9.47 Å². The number of ether oxygens (including phenoxy) is 2. The molecule has 0 saturated carbocycles. The van der Waals surface area contributed by atoms with Gasteiger partial charge in [0.15, 0.2) is 5.41 Å². The maximum atomic E-state index is 13.4. The fourth-order valence-electron chi connectivity index (χ4n) is 4.51. The molecule has 33 heavy (non-hydrogen) atoms. The molecule has 0 aromatic heterocycles. The first-order valence-electron chi connectivity index (χ1n) is 11.6. The summed E-state index contributed by atoms with van der Waals surface area (Å²) in [6, 6.07) is 6.15. The summed E-state index contributed by atoms with van der Waals surface area (Å²) in [5.74, 6) is -1.16. The maximum absolute atomic E-state index is 13.4. The first kappa shape index (κ1) is 24.9. The summed E-state index contributed by atoms with van der Waals surface area (Å²) in [6.07, 6.45) is 2.01. The van der Waals surface area contributed by atoms with Crippen LogP contribution < -0.4 is 0 Å². The maximum Gasteiger partial charge on any atom is 0.328 e. The van der Waals surface area contributed by atoms with Crippen LogP contribution in [0.4, 0.5) is 5.69 Å². The van der Waals surface area contributed by atoms with Gasteiger partial charge in [-0.05, 0) is 90.2 Å². The second-order valence-electron chi connectivity index (χ2n) is 11.3. The van der Waals surface area contributed by atoms with Gasteiger partial charge in [0.25, 0.3) is 0 Å². The molecule has 5 nitrogen and oxygen atoms in total. The van der Waals surface area contributed by atoms with E-state index in [-0.39, 0.29) is 12.3 Å². The molecule has 5 heteroatoms. The summed E-state index contributed by atoms with van der Waals surface area (Å²) in [5.41, 5.74) is 4.26. The Labute approximate surface area is 198 Å². The van der Waals surface area contributed by atoms with E-state index in [1.54, 1.807) is 47.6 Å². The molecule has 2 aliphatic carbocycles. The van der Waals surface area contributed by atoms with Crippen molar-refractivity contribution in [3.05, 3.63) is 52.1 Å². The standard InChI is InChI=1S/C28H37NO4/c1-16-12-11-13-17(2)22(16)29-23-18(3)20-14-28(15-21(20)19(23)4,24(30)32-26(5,6)7)25(31)33-27(8,9)10/h11-14,18H,15H2,1-10H3. The van der Waals surface area contributed by atoms with Crippen molar-refractivity contribution in [1.82, 2.24) is 0 Å².